The maximum absolute atomic E-state index is 11.7. The van der Waals surface area contributed by atoms with Crippen molar-refractivity contribution in [2.75, 3.05) is 0 Å². The van der Waals surface area contributed by atoms with E-state index in [-0.39, 0.29) is 17.7 Å². The number of carbonyl (C=O) groups is 1. The molecule has 0 radical (unpaired) electrons. The van der Waals surface area contributed by atoms with Crippen LogP contribution in [0.25, 0.3) is 0 Å². The molecule has 2 aliphatic carbocycles. The highest BCUT2D eigenvalue weighted by molar-refractivity contribution is 5.67. The molecule has 116 valence electrons. The van der Waals surface area contributed by atoms with Crippen LogP contribution in [0.15, 0.2) is 12.7 Å². The highest BCUT2D eigenvalue weighted by atomic mass is 16.6. The second-order valence-electron chi connectivity index (χ2n) is 7.36. The first kappa shape index (κ1) is 13.8. The number of epoxide rings is 1. The summed E-state index contributed by atoms with van der Waals surface area (Å²) in [5, 5.41) is 0. The summed E-state index contributed by atoms with van der Waals surface area (Å²) in [4.78, 5) is 11.7. The SMILES string of the molecule is C=CC[C@@H]1C[C@]2(OC(C)=O)C[C@@H](C)O[C@@]23C[C@H]2O[C@H]2C[C@H]13. The average molecular weight is 292 g/mol. The number of hydrogen-bond donors (Lipinski definition) is 0. The van der Waals surface area contributed by atoms with E-state index < -0.39 is 5.60 Å². The van der Waals surface area contributed by atoms with Crippen LogP contribution in [0.4, 0.5) is 0 Å². The number of carbonyl (C=O) groups excluding carboxylic acids is 1. The van der Waals surface area contributed by atoms with Gasteiger partial charge in [0.2, 0.25) is 0 Å². The van der Waals surface area contributed by atoms with E-state index in [0.29, 0.717) is 24.0 Å². The van der Waals surface area contributed by atoms with Gasteiger partial charge in [-0.25, -0.2) is 0 Å². The van der Waals surface area contributed by atoms with Gasteiger partial charge < -0.3 is 14.2 Å². The fourth-order valence-corrected chi connectivity index (χ4v) is 5.56. The molecular formula is C17H24O4. The molecule has 0 N–H and O–H groups in total. The number of ether oxygens (including phenoxy) is 3. The highest BCUT2D eigenvalue weighted by Crippen LogP contribution is 2.66. The third kappa shape index (κ3) is 1.78. The summed E-state index contributed by atoms with van der Waals surface area (Å²) in [5.74, 6) is 0.715. The lowest BCUT2D eigenvalue weighted by Gasteiger charge is -2.43. The Kier molecular flexibility index (Phi) is 2.84. The van der Waals surface area contributed by atoms with E-state index >= 15 is 0 Å². The highest BCUT2D eigenvalue weighted by Gasteiger charge is 2.75. The van der Waals surface area contributed by atoms with Gasteiger partial charge in [0, 0.05) is 19.8 Å². The van der Waals surface area contributed by atoms with E-state index in [1.54, 1.807) is 0 Å². The largest absolute Gasteiger partial charge is 0.456 e. The van der Waals surface area contributed by atoms with Gasteiger partial charge in [0.25, 0.3) is 0 Å². The lowest BCUT2D eigenvalue weighted by molar-refractivity contribution is -0.185. The Balaban J connectivity index is 1.75. The Hall–Kier alpha value is -0.870. The van der Waals surface area contributed by atoms with Crippen LogP contribution in [0.2, 0.25) is 0 Å². The molecule has 2 saturated carbocycles. The maximum atomic E-state index is 11.7. The molecule has 7 atom stereocenters. The molecule has 2 aliphatic heterocycles. The second kappa shape index (κ2) is 4.32. The van der Waals surface area contributed by atoms with E-state index in [2.05, 4.69) is 13.5 Å². The summed E-state index contributed by atoms with van der Waals surface area (Å²) in [6, 6.07) is 0. The number of rotatable bonds is 3. The molecule has 4 aliphatic rings. The molecule has 2 heterocycles. The molecule has 4 fully saturated rings. The second-order valence-corrected chi connectivity index (χ2v) is 7.36. The van der Waals surface area contributed by atoms with E-state index in [0.717, 1.165) is 32.1 Å². The van der Waals surface area contributed by atoms with E-state index in [1.165, 1.54) is 6.92 Å². The van der Waals surface area contributed by atoms with E-state index in [4.69, 9.17) is 14.2 Å². The molecule has 0 aromatic rings. The van der Waals surface area contributed by atoms with Gasteiger partial charge in [-0.2, -0.15) is 0 Å². The molecule has 0 bridgehead atoms. The van der Waals surface area contributed by atoms with Crippen LogP contribution in [-0.4, -0.2) is 35.5 Å². The van der Waals surface area contributed by atoms with Crippen molar-refractivity contribution < 1.29 is 19.0 Å². The molecule has 1 spiro atoms. The molecule has 21 heavy (non-hydrogen) atoms. The summed E-state index contributed by atoms with van der Waals surface area (Å²) in [5.41, 5.74) is -0.781. The zero-order valence-electron chi connectivity index (χ0n) is 12.8. The monoisotopic (exact) mass is 292 g/mol. The molecule has 0 aromatic heterocycles. The minimum absolute atomic E-state index is 0.145. The maximum Gasteiger partial charge on any atom is 0.303 e. The van der Waals surface area contributed by atoms with Gasteiger partial charge in [0.1, 0.15) is 11.2 Å². The van der Waals surface area contributed by atoms with E-state index in [9.17, 15) is 4.79 Å². The quantitative estimate of drug-likeness (QED) is 0.456. The Bertz CT molecular complexity index is 489. The minimum atomic E-state index is -0.451. The van der Waals surface area contributed by atoms with Crippen LogP contribution in [0.1, 0.15) is 46.0 Å². The van der Waals surface area contributed by atoms with Gasteiger partial charge in [-0.3, -0.25) is 4.79 Å². The molecule has 4 heteroatoms. The Morgan fingerprint density at radius 2 is 2.19 bits per heavy atom. The first-order valence-electron chi connectivity index (χ1n) is 8.13. The van der Waals surface area contributed by atoms with Crippen LogP contribution in [0.5, 0.6) is 0 Å². The van der Waals surface area contributed by atoms with Gasteiger partial charge >= 0.3 is 5.97 Å². The van der Waals surface area contributed by atoms with Crippen molar-refractivity contribution in [3.63, 3.8) is 0 Å². The van der Waals surface area contributed by atoms with Gasteiger partial charge in [-0.05, 0) is 38.0 Å². The van der Waals surface area contributed by atoms with Crippen molar-refractivity contribution in [2.45, 2.75) is 75.5 Å². The third-order valence-electron chi connectivity index (χ3n) is 6.05. The predicted molar refractivity (Wildman–Crippen MR) is 76.7 cm³/mol. The lowest BCUT2D eigenvalue weighted by Crippen LogP contribution is -2.55. The Labute approximate surface area is 125 Å². The molecule has 0 amide bonds. The Morgan fingerprint density at radius 3 is 2.90 bits per heavy atom. The number of fused-ring (bicyclic) bond motifs is 1. The number of allylic oxidation sites excluding steroid dienone is 1. The average Bonchev–Trinajstić information content (AvgIpc) is 3.01. The molecule has 0 unspecified atom stereocenters. The molecule has 4 rings (SSSR count). The van der Waals surface area contributed by atoms with Crippen molar-refractivity contribution in [3.8, 4) is 0 Å². The molecule has 2 saturated heterocycles. The van der Waals surface area contributed by atoms with Crippen LogP contribution in [0.3, 0.4) is 0 Å². The van der Waals surface area contributed by atoms with Crippen molar-refractivity contribution in [1.82, 2.24) is 0 Å². The van der Waals surface area contributed by atoms with Crippen molar-refractivity contribution >= 4 is 5.97 Å². The number of esters is 1. The lowest BCUT2D eigenvalue weighted by atomic mass is 9.70. The summed E-state index contributed by atoms with van der Waals surface area (Å²) in [6.45, 7) is 7.51. The first-order valence-corrected chi connectivity index (χ1v) is 8.13. The van der Waals surface area contributed by atoms with Crippen LogP contribution in [-0.2, 0) is 19.0 Å². The van der Waals surface area contributed by atoms with Crippen LogP contribution in [0, 0.1) is 11.8 Å². The smallest absolute Gasteiger partial charge is 0.303 e. The van der Waals surface area contributed by atoms with E-state index in [1.807, 2.05) is 6.08 Å². The van der Waals surface area contributed by atoms with Gasteiger partial charge in [0.15, 0.2) is 0 Å². The fraction of sp³-hybridized carbons (Fsp3) is 0.824. The molecule has 0 aromatic carbocycles. The summed E-state index contributed by atoms with van der Waals surface area (Å²) < 4.78 is 18.2. The van der Waals surface area contributed by atoms with Crippen LogP contribution < -0.4 is 0 Å². The van der Waals surface area contributed by atoms with Crippen LogP contribution >= 0.6 is 0 Å². The standard InChI is InChI=1S/C17H24O4/c1-4-5-12-8-16(21-11(3)18)7-10(2)20-17(16)9-15-14(19-15)6-13(12)17/h4,10,12-15H,1,5-9H2,2-3H3/t10-,12-,13-,14+,15-,16-,17-/m1/s1. The third-order valence-corrected chi connectivity index (χ3v) is 6.05. The van der Waals surface area contributed by atoms with Gasteiger partial charge in [-0.1, -0.05) is 6.08 Å². The van der Waals surface area contributed by atoms with Crippen molar-refractivity contribution in [1.29, 1.82) is 0 Å². The minimum Gasteiger partial charge on any atom is -0.456 e. The Morgan fingerprint density at radius 1 is 1.38 bits per heavy atom. The van der Waals surface area contributed by atoms with Crippen molar-refractivity contribution in [2.24, 2.45) is 11.8 Å². The molecule has 4 nitrogen and oxygen atoms in total. The summed E-state index contributed by atoms with van der Waals surface area (Å²) >= 11 is 0. The topological polar surface area (TPSA) is 48.1 Å². The number of hydrogen-bond acceptors (Lipinski definition) is 4. The summed E-state index contributed by atoms with van der Waals surface area (Å²) in [6.07, 6.45) is 7.46. The van der Waals surface area contributed by atoms with Gasteiger partial charge in [0.05, 0.1) is 18.3 Å². The zero-order chi connectivity index (χ0) is 14.8. The molecular weight excluding hydrogens is 268 g/mol. The zero-order valence-corrected chi connectivity index (χ0v) is 12.8. The first-order chi connectivity index (χ1) is 9.99. The predicted octanol–water partition coefficient (Wildman–Crippen LogP) is 2.61. The summed E-state index contributed by atoms with van der Waals surface area (Å²) in [7, 11) is 0. The fourth-order valence-electron chi connectivity index (χ4n) is 5.56. The van der Waals surface area contributed by atoms with Gasteiger partial charge in [-0.15, -0.1) is 6.58 Å². The normalized spacial score (nSPS) is 53.5. The van der Waals surface area contributed by atoms with Crippen molar-refractivity contribution in [3.05, 3.63) is 12.7 Å².